The zero-order valence-electron chi connectivity index (χ0n) is 15.4. The molecule has 1 N–H and O–H groups in total. The molecule has 0 heterocycles. The molecule has 0 aliphatic rings. The van der Waals surface area contributed by atoms with Crippen LogP contribution in [0.4, 0.5) is 23.2 Å². The van der Waals surface area contributed by atoms with Crippen LogP contribution in [0.1, 0.15) is 0 Å². The minimum Gasteiger partial charge on any atom is -0.497 e. The summed E-state index contributed by atoms with van der Waals surface area (Å²) >= 11 is 0. The highest BCUT2D eigenvalue weighted by Crippen LogP contribution is 2.35. The summed E-state index contributed by atoms with van der Waals surface area (Å²) < 4.78 is 89.5. The van der Waals surface area contributed by atoms with E-state index in [1.165, 1.54) is 19.2 Å². The van der Waals surface area contributed by atoms with Crippen molar-refractivity contribution in [1.82, 2.24) is 0 Å². The van der Waals surface area contributed by atoms with Gasteiger partial charge >= 0.3 is 6.61 Å². The Morgan fingerprint density at radius 1 is 0.933 bits per heavy atom. The second-order valence-electron chi connectivity index (χ2n) is 6.00. The topological polar surface area (TPSA) is 64.6 Å². The fourth-order valence-corrected chi connectivity index (χ4v) is 3.82. The van der Waals surface area contributed by atoms with Crippen molar-refractivity contribution in [1.29, 1.82) is 0 Å². The van der Waals surface area contributed by atoms with E-state index in [1.54, 1.807) is 24.3 Å². The lowest BCUT2D eigenvalue weighted by Gasteiger charge is -2.15. The van der Waals surface area contributed by atoms with Crippen molar-refractivity contribution in [2.45, 2.75) is 11.5 Å². The zero-order valence-corrected chi connectivity index (χ0v) is 16.2. The summed E-state index contributed by atoms with van der Waals surface area (Å²) in [4.78, 5) is -0.888. The molecule has 0 bridgehead atoms. The SMILES string of the molecule is COc1ccc(-c2cc(NS(=O)(=O)c3cc(F)ccc3F)ccc2OC(F)F)cc1. The Morgan fingerprint density at radius 3 is 2.27 bits per heavy atom. The number of hydrogen-bond donors (Lipinski definition) is 1. The molecule has 10 heteroatoms. The maximum absolute atomic E-state index is 13.9. The Morgan fingerprint density at radius 2 is 1.63 bits per heavy atom. The van der Waals surface area contributed by atoms with Crippen LogP contribution in [0.2, 0.25) is 0 Å². The molecule has 0 saturated carbocycles. The van der Waals surface area contributed by atoms with Gasteiger partial charge in [-0.2, -0.15) is 8.78 Å². The van der Waals surface area contributed by atoms with Crippen molar-refractivity contribution in [2.75, 3.05) is 11.8 Å². The molecule has 0 radical (unpaired) electrons. The van der Waals surface area contributed by atoms with Gasteiger partial charge in [-0.05, 0) is 54.1 Å². The molecule has 0 amide bonds. The molecule has 3 rings (SSSR count). The third-order valence-corrected chi connectivity index (χ3v) is 5.43. The Balaban J connectivity index is 2.02. The summed E-state index contributed by atoms with van der Waals surface area (Å²) in [6.45, 7) is -3.11. The van der Waals surface area contributed by atoms with Crippen LogP contribution in [0, 0.1) is 11.6 Å². The number of benzene rings is 3. The summed E-state index contributed by atoms with van der Waals surface area (Å²) in [5.41, 5.74) is 0.522. The number of anilines is 1. The van der Waals surface area contributed by atoms with Crippen LogP contribution in [0.3, 0.4) is 0 Å². The fourth-order valence-electron chi connectivity index (χ4n) is 2.68. The highest BCUT2D eigenvalue weighted by Gasteiger charge is 2.21. The lowest BCUT2D eigenvalue weighted by Crippen LogP contribution is -2.15. The van der Waals surface area contributed by atoms with E-state index in [0.29, 0.717) is 23.4 Å². The molecule has 0 saturated heterocycles. The molecular formula is C20H15F4NO4S. The van der Waals surface area contributed by atoms with Crippen molar-refractivity contribution in [3.05, 3.63) is 72.3 Å². The Bertz CT molecular complexity index is 1150. The highest BCUT2D eigenvalue weighted by molar-refractivity contribution is 7.92. The van der Waals surface area contributed by atoms with Gasteiger partial charge in [0, 0.05) is 11.3 Å². The predicted molar refractivity (Wildman–Crippen MR) is 102 cm³/mol. The molecule has 3 aromatic rings. The maximum atomic E-state index is 13.9. The van der Waals surface area contributed by atoms with Crippen LogP contribution in [0.5, 0.6) is 11.5 Å². The first kappa shape index (κ1) is 21.4. The third kappa shape index (κ3) is 4.82. The van der Waals surface area contributed by atoms with E-state index in [-0.39, 0.29) is 17.0 Å². The van der Waals surface area contributed by atoms with Gasteiger partial charge in [-0.15, -0.1) is 0 Å². The molecule has 0 atom stereocenters. The van der Waals surface area contributed by atoms with E-state index < -0.39 is 33.2 Å². The highest BCUT2D eigenvalue weighted by atomic mass is 32.2. The van der Waals surface area contributed by atoms with Gasteiger partial charge in [-0.1, -0.05) is 12.1 Å². The molecule has 0 aromatic heterocycles. The van der Waals surface area contributed by atoms with E-state index in [1.807, 2.05) is 0 Å². The summed E-state index contributed by atoms with van der Waals surface area (Å²) in [5.74, 6) is -1.75. The lowest BCUT2D eigenvalue weighted by atomic mass is 10.0. The molecular weight excluding hydrogens is 426 g/mol. The van der Waals surface area contributed by atoms with Crippen molar-refractivity contribution in [3.63, 3.8) is 0 Å². The largest absolute Gasteiger partial charge is 0.497 e. The fraction of sp³-hybridized carbons (Fsp3) is 0.100. The molecule has 0 fully saturated rings. The number of hydrogen-bond acceptors (Lipinski definition) is 4. The molecule has 0 aliphatic carbocycles. The van der Waals surface area contributed by atoms with Gasteiger partial charge in [0.05, 0.1) is 7.11 Å². The number of halogens is 4. The Labute approximate surface area is 169 Å². The van der Waals surface area contributed by atoms with Crippen LogP contribution < -0.4 is 14.2 Å². The van der Waals surface area contributed by atoms with Gasteiger partial charge in [-0.3, -0.25) is 4.72 Å². The molecule has 3 aromatic carbocycles. The van der Waals surface area contributed by atoms with Crippen molar-refractivity contribution in [3.8, 4) is 22.6 Å². The Kier molecular flexibility index (Phi) is 6.16. The monoisotopic (exact) mass is 441 g/mol. The molecule has 158 valence electrons. The molecule has 0 unspecified atom stereocenters. The minimum atomic E-state index is -4.49. The van der Waals surface area contributed by atoms with Crippen molar-refractivity contribution < 1.29 is 35.5 Å². The van der Waals surface area contributed by atoms with Gasteiger partial charge < -0.3 is 9.47 Å². The van der Waals surface area contributed by atoms with Gasteiger partial charge in [0.2, 0.25) is 0 Å². The lowest BCUT2D eigenvalue weighted by molar-refractivity contribution is -0.0494. The van der Waals surface area contributed by atoms with Gasteiger partial charge in [0.1, 0.15) is 28.0 Å². The van der Waals surface area contributed by atoms with Crippen LogP contribution in [0.15, 0.2) is 65.6 Å². The standard InChI is InChI=1S/C20H15F4NO4S/c1-28-15-6-2-12(3-7-15)16-11-14(5-9-18(16)29-20(23)24)25-30(26,27)19-10-13(21)4-8-17(19)22/h2-11,20,25H,1H3. The van der Waals surface area contributed by atoms with Crippen molar-refractivity contribution in [2.24, 2.45) is 0 Å². The van der Waals surface area contributed by atoms with Crippen LogP contribution in [-0.4, -0.2) is 22.1 Å². The maximum Gasteiger partial charge on any atom is 0.387 e. The quantitative estimate of drug-likeness (QED) is 0.522. The number of sulfonamides is 1. The number of ether oxygens (including phenoxy) is 2. The number of nitrogens with one attached hydrogen (secondary N) is 1. The molecule has 0 spiro atoms. The van der Waals surface area contributed by atoms with E-state index in [4.69, 9.17) is 4.74 Å². The predicted octanol–water partition coefficient (Wildman–Crippen LogP) is 5.04. The van der Waals surface area contributed by atoms with Crippen LogP contribution >= 0.6 is 0 Å². The summed E-state index contributed by atoms with van der Waals surface area (Å²) in [6.07, 6.45) is 0. The number of methoxy groups -OCH3 is 1. The van der Waals surface area contributed by atoms with E-state index in [9.17, 15) is 26.0 Å². The van der Waals surface area contributed by atoms with Crippen LogP contribution in [0.25, 0.3) is 11.1 Å². The average molecular weight is 441 g/mol. The summed E-state index contributed by atoms with van der Waals surface area (Å²) in [6, 6.07) is 11.9. The molecule has 30 heavy (non-hydrogen) atoms. The third-order valence-electron chi connectivity index (χ3n) is 4.03. The first-order valence-corrected chi connectivity index (χ1v) is 9.89. The second-order valence-corrected chi connectivity index (χ2v) is 7.65. The number of alkyl halides is 2. The van der Waals surface area contributed by atoms with E-state index in [2.05, 4.69) is 9.46 Å². The zero-order chi connectivity index (χ0) is 21.9. The Hall–Kier alpha value is -3.27. The minimum absolute atomic E-state index is 0.0638. The van der Waals surface area contributed by atoms with Crippen molar-refractivity contribution >= 4 is 15.7 Å². The molecule has 5 nitrogen and oxygen atoms in total. The van der Waals surface area contributed by atoms with E-state index >= 15 is 0 Å². The van der Waals surface area contributed by atoms with E-state index in [0.717, 1.165) is 12.1 Å². The summed E-state index contributed by atoms with van der Waals surface area (Å²) in [5, 5.41) is 0. The first-order valence-electron chi connectivity index (χ1n) is 8.41. The second kappa shape index (κ2) is 8.62. The smallest absolute Gasteiger partial charge is 0.387 e. The first-order chi connectivity index (χ1) is 14.2. The van der Waals surface area contributed by atoms with Gasteiger partial charge in [0.15, 0.2) is 0 Å². The van der Waals surface area contributed by atoms with Crippen LogP contribution in [-0.2, 0) is 10.0 Å². The van der Waals surface area contributed by atoms with Gasteiger partial charge in [-0.25, -0.2) is 17.2 Å². The molecule has 0 aliphatic heterocycles. The summed E-state index contributed by atoms with van der Waals surface area (Å²) in [7, 11) is -3.03. The number of rotatable bonds is 7. The normalized spacial score (nSPS) is 11.4. The van der Waals surface area contributed by atoms with Gasteiger partial charge in [0.25, 0.3) is 10.0 Å². The average Bonchev–Trinajstić information content (AvgIpc) is 2.70.